The van der Waals surface area contributed by atoms with Crippen LogP contribution >= 0.6 is 78.3 Å². The van der Waals surface area contributed by atoms with Gasteiger partial charge in [0.25, 0.3) is 11.9 Å². The second-order valence-electron chi connectivity index (χ2n) is 9.53. The van der Waals surface area contributed by atoms with E-state index in [0.29, 0.717) is 54.1 Å². The highest BCUT2D eigenvalue weighted by molar-refractivity contribution is 9.10. The Morgan fingerprint density at radius 1 is 0.500 bits per heavy atom. The summed E-state index contributed by atoms with van der Waals surface area (Å²) in [5, 5.41) is 21.8. The average molecular weight is 822 g/mol. The normalized spacial score (nSPS) is 11.3. The molecule has 0 spiro atoms. The summed E-state index contributed by atoms with van der Waals surface area (Å²) in [7, 11) is 0. The number of rotatable bonds is 6. The lowest BCUT2D eigenvalue weighted by Crippen LogP contribution is -1.77. The molecule has 6 rings (SSSR count). The van der Waals surface area contributed by atoms with Gasteiger partial charge in [0, 0.05) is 52.6 Å². The van der Waals surface area contributed by atoms with Gasteiger partial charge in [-0.1, -0.05) is 103 Å². The van der Waals surface area contributed by atoms with Crippen LogP contribution < -0.4 is 0 Å². The highest BCUT2D eigenvalue weighted by atomic mass is 79.9. The van der Waals surface area contributed by atoms with Crippen molar-refractivity contribution < 1.29 is 19.0 Å². The highest BCUT2D eigenvalue weighted by Gasteiger charge is 2.11. The minimum atomic E-state index is -0.195. The lowest BCUT2D eigenvalue weighted by Gasteiger charge is -1.96. The Bertz CT molecular complexity index is 1850. The van der Waals surface area contributed by atoms with Crippen LogP contribution in [0.5, 0.6) is 11.9 Å². The van der Waals surface area contributed by atoms with Crippen molar-refractivity contribution in [1.82, 2.24) is 0 Å². The van der Waals surface area contributed by atoms with Crippen molar-refractivity contribution in [3.05, 3.63) is 137 Å². The van der Waals surface area contributed by atoms with Crippen molar-refractivity contribution in [2.75, 3.05) is 0 Å². The zero-order valence-electron chi connectivity index (χ0n) is 23.3. The zero-order valence-corrected chi connectivity index (χ0v) is 29.5. The molecular weight excluding hydrogens is 802 g/mol. The summed E-state index contributed by atoms with van der Waals surface area (Å²) in [5.41, 5.74) is 3.84. The number of hydrogen-bond acceptors (Lipinski definition) is 6. The van der Waals surface area contributed by atoms with E-state index in [2.05, 4.69) is 41.8 Å². The van der Waals surface area contributed by atoms with E-state index < -0.39 is 0 Å². The lowest BCUT2D eigenvalue weighted by molar-refractivity contribution is 0.336. The van der Waals surface area contributed by atoms with Crippen molar-refractivity contribution in [3.8, 4) is 34.5 Å². The standard InChI is InChI=1S/2C17H10BrCl2NO2/c2*18-12-3-1-10(2-4-12)16-5-11(17(22)23-16)9-21-15-7-13(19)6-14(20)8-15/h2*1-9,22H. The van der Waals surface area contributed by atoms with Gasteiger partial charge in [-0.15, -0.1) is 0 Å². The van der Waals surface area contributed by atoms with Gasteiger partial charge in [0.1, 0.15) is 11.5 Å². The van der Waals surface area contributed by atoms with Gasteiger partial charge < -0.3 is 19.0 Å². The molecule has 0 saturated carbocycles. The first-order valence-electron chi connectivity index (χ1n) is 13.2. The van der Waals surface area contributed by atoms with E-state index in [1.807, 2.05) is 48.5 Å². The minimum Gasteiger partial charge on any atom is -0.480 e. The van der Waals surface area contributed by atoms with Crippen molar-refractivity contribution in [1.29, 1.82) is 0 Å². The summed E-state index contributed by atoms with van der Waals surface area (Å²) in [4.78, 5) is 8.52. The van der Waals surface area contributed by atoms with Crippen LogP contribution in [0, 0.1) is 0 Å². The van der Waals surface area contributed by atoms with E-state index in [9.17, 15) is 10.2 Å². The molecule has 12 heteroatoms. The fourth-order valence-corrected chi connectivity index (χ4v) is 5.56. The van der Waals surface area contributed by atoms with Gasteiger partial charge in [0.15, 0.2) is 0 Å². The zero-order chi connectivity index (χ0) is 32.8. The fourth-order valence-electron chi connectivity index (χ4n) is 4.00. The summed E-state index contributed by atoms with van der Waals surface area (Å²) in [5.74, 6) is 0.723. The molecule has 46 heavy (non-hydrogen) atoms. The molecule has 2 heterocycles. The first kappa shape index (κ1) is 33.9. The van der Waals surface area contributed by atoms with Crippen LogP contribution in [-0.4, -0.2) is 22.6 Å². The third-order valence-electron chi connectivity index (χ3n) is 6.14. The molecule has 0 bridgehead atoms. The van der Waals surface area contributed by atoms with Gasteiger partial charge >= 0.3 is 0 Å². The number of aromatic hydroxyl groups is 2. The molecule has 0 aliphatic heterocycles. The average Bonchev–Trinajstić information content (AvgIpc) is 3.56. The van der Waals surface area contributed by atoms with Crippen molar-refractivity contribution >= 4 is 102 Å². The topological polar surface area (TPSA) is 91.5 Å². The van der Waals surface area contributed by atoms with Crippen molar-refractivity contribution in [2.24, 2.45) is 9.98 Å². The number of benzene rings is 4. The smallest absolute Gasteiger partial charge is 0.291 e. The van der Waals surface area contributed by atoms with Crippen molar-refractivity contribution in [2.45, 2.75) is 0 Å². The maximum atomic E-state index is 9.92. The number of halogens is 6. The quantitative estimate of drug-likeness (QED) is 0.164. The Labute approximate surface area is 300 Å². The van der Waals surface area contributed by atoms with E-state index in [-0.39, 0.29) is 11.9 Å². The second-order valence-corrected chi connectivity index (χ2v) is 13.1. The molecule has 0 aliphatic rings. The van der Waals surface area contributed by atoms with E-state index >= 15 is 0 Å². The summed E-state index contributed by atoms with van der Waals surface area (Å²) >= 11 is 30.5. The number of aliphatic imine (C=N–C) groups is 2. The summed E-state index contributed by atoms with van der Waals surface area (Å²) in [6.45, 7) is 0. The molecule has 0 fully saturated rings. The van der Waals surface area contributed by atoms with Crippen LogP contribution in [0.1, 0.15) is 11.1 Å². The van der Waals surface area contributed by atoms with Crippen LogP contribution in [-0.2, 0) is 0 Å². The van der Waals surface area contributed by atoms with Crippen LogP contribution in [0.25, 0.3) is 22.6 Å². The molecule has 6 aromatic rings. The fraction of sp³-hybridized carbons (Fsp3) is 0. The third kappa shape index (κ3) is 9.28. The molecule has 6 nitrogen and oxygen atoms in total. The Hall–Kier alpha value is -3.50. The molecule has 0 atom stereocenters. The van der Waals surface area contributed by atoms with Gasteiger partial charge in [0.05, 0.1) is 22.5 Å². The van der Waals surface area contributed by atoms with E-state index in [4.69, 9.17) is 55.2 Å². The molecule has 2 aromatic heterocycles. The number of nitrogens with zero attached hydrogens (tertiary/aromatic N) is 2. The van der Waals surface area contributed by atoms with Gasteiger partial charge in [-0.05, 0) is 72.8 Å². The Kier molecular flexibility index (Phi) is 11.3. The maximum absolute atomic E-state index is 9.92. The van der Waals surface area contributed by atoms with Crippen LogP contribution in [0.2, 0.25) is 20.1 Å². The lowest BCUT2D eigenvalue weighted by atomic mass is 10.1. The maximum Gasteiger partial charge on any atom is 0.291 e. The molecule has 0 radical (unpaired) electrons. The summed E-state index contributed by atoms with van der Waals surface area (Å²) < 4.78 is 12.7. The van der Waals surface area contributed by atoms with E-state index in [1.54, 1.807) is 48.5 Å². The highest BCUT2D eigenvalue weighted by Crippen LogP contribution is 2.32. The Morgan fingerprint density at radius 3 is 1.15 bits per heavy atom. The van der Waals surface area contributed by atoms with E-state index in [0.717, 1.165) is 20.1 Å². The van der Waals surface area contributed by atoms with Gasteiger partial charge in [-0.3, -0.25) is 9.98 Å². The molecule has 0 unspecified atom stereocenters. The van der Waals surface area contributed by atoms with Gasteiger partial charge in [-0.25, -0.2) is 0 Å². The van der Waals surface area contributed by atoms with Gasteiger partial charge in [0.2, 0.25) is 0 Å². The van der Waals surface area contributed by atoms with Crippen molar-refractivity contribution in [3.63, 3.8) is 0 Å². The monoisotopic (exact) mass is 818 g/mol. The number of hydrogen-bond donors (Lipinski definition) is 2. The van der Waals surface area contributed by atoms with E-state index in [1.165, 1.54) is 12.4 Å². The van der Waals surface area contributed by atoms with Crippen LogP contribution in [0.4, 0.5) is 11.4 Å². The van der Waals surface area contributed by atoms with Gasteiger partial charge in [-0.2, -0.15) is 0 Å². The predicted octanol–water partition coefficient (Wildman–Crippen LogP) is 12.9. The molecule has 4 aromatic carbocycles. The largest absolute Gasteiger partial charge is 0.480 e. The first-order chi connectivity index (χ1) is 22.0. The minimum absolute atomic E-state index is 0.195. The Morgan fingerprint density at radius 2 is 0.826 bits per heavy atom. The molecule has 0 aliphatic carbocycles. The SMILES string of the molecule is Oc1oc(-c2ccc(Br)cc2)cc1C=Nc1cc(Cl)cc(Cl)c1.Oc1oc(-c2ccc(Br)cc2)cc1C=Nc1cc(Cl)cc(Cl)c1. The molecule has 2 N–H and O–H groups in total. The summed E-state index contributed by atoms with van der Waals surface area (Å²) in [6.07, 6.45) is 3.01. The van der Waals surface area contributed by atoms with Crippen LogP contribution in [0.15, 0.2) is 125 Å². The molecule has 0 amide bonds. The molecular formula is C34H20Br2Cl4N2O4. The third-order valence-corrected chi connectivity index (χ3v) is 8.07. The second kappa shape index (κ2) is 15.4. The first-order valence-corrected chi connectivity index (χ1v) is 16.3. The summed E-state index contributed by atoms with van der Waals surface area (Å²) in [6, 6.07) is 28.6. The Balaban J connectivity index is 0.000000181. The van der Waals surface area contributed by atoms with Crippen LogP contribution in [0.3, 0.4) is 0 Å². The predicted molar refractivity (Wildman–Crippen MR) is 194 cm³/mol. The molecule has 0 saturated heterocycles. The molecule has 232 valence electrons. The number of furan rings is 2.